The summed E-state index contributed by atoms with van der Waals surface area (Å²) in [6.07, 6.45) is 2.12. The fourth-order valence-electron chi connectivity index (χ4n) is 1.41. The minimum absolute atomic E-state index is 0.0439. The normalized spacial score (nSPS) is 10.4. The molecule has 0 aromatic carbocycles. The van der Waals surface area contributed by atoms with Crippen molar-refractivity contribution < 1.29 is 4.79 Å². The minimum Gasteiger partial charge on any atom is -0.396 e. The summed E-state index contributed by atoms with van der Waals surface area (Å²) < 4.78 is 0. The van der Waals surface area contributed by atoms with Crippen LogP contribution in [0, 0.1) is 12.8 Å². The molecule has 0 bridgehead atoms. The number of nitrogens with one attached hydrogen (secondary N) is 2. The minimum atomic E-state index is 0.0439. The number of rotatable bonds is 6. The Balaban J connectivity index is 2.33. The van der Waals surface area contributed by atoms with E-state index in [2.05, 4.69) is 29.5 Å². The second kappa shape index (κ2) is 6.83. The molecule has 4 N–H and O–H groups in total. The molecule has 1 heterocycles. The van der Waals surface area contributed by atoms with Crippen molar-refractivity contribution in [2.75, 3.05) is 24.1 Å². The maximum atomic E-state index is 11.5. The van der Waals surface area contributed by atoms with Crippen molar-refractivity contribution in [3.8, 4) is 0 Å². The molecule has 0 saturated heterocycles. The maximum Gasteiger partial charge on any atom is 0.221 e. The Bertz CT molecular complexity index is 404. The first-order valence-corrected chi connectivity index (χ1v) is 6.22. The monoisotopic (exact) mass is 250 g/mol. The van der Waals surface area contributed by atoms with Crippen LogP contribution in [0.15, 0.2) is 12.3 Å². The Morgan fingerprint density at radius 2 is 2.22 bits per heavy atom. The highest BCUT2D eigenvalue weighted by molar-refractivity contribution is 5.76. The molecule has 0 atom stereocenters. The van der Waals surface area contributed by atoms with Crippen LogP contribution in [0.1, 0.15) is 25.8 Å². The maximum absolute atomic E-state index is 11.5. The van der Waals surface area contributed by atoms with Gasteiger partial charge in [-0.1, -0.05) is 13.8 Å². The van der Waals surface area contributed by atoms with Crippen molar-refractivity contribution in [2.24, 2.45) is 5.92 Å². The molecule has 5 heteroatoms. The van der Waals surface area contributed by atoms with E-state index >= 15 is 0 Å². The second-order valence-corrected chi connectivity index (χ2v) is 4.76. The first-order valence-electron chi connectivity index (χ1n) is 6.22. The number of carbonyl (C=O) groups excluding carboxylic acids is 1. The third-order valence-electron chi connectivity index (χ3n) is 2.56. The standard InChI is InChI=1S/C13H22N4O/c1-9(2)8-17-11(18)5-7-16-13-12(14)10(3)4-6-15-13/h4,6,9H,5,7-8,14H2,1-3H3,(H,15,16)(H,17,18). The molecule has 0 aliphatic heterocycles. The molecular weight excluding hydrogens is 228 g/mol. The Kier molecular flexibility index (Phi) is 5.42. The van der Waals surface area contributed by atoms with Gasteiger partial charge in [-0.15, -0.1) is 0 Å². The summed E-state index contributed by atoms with van der Waals surface area (Å²) in [5, 5.41) is 5.94. The van der Waals surface area contributed by atoms with Crippen molar-refractivity contribution in [1.29, 1.82) is 0 Å². The van der Waals surface area contributed by atoms with Crippen LogP contribution in [0.2, 0.25) is 0 Å². The zero-order valence-electron chi connectivity index (χ0n) is 11.3. The molecule has 1 aromatic heterocycles. The van der Waals surface area contributed by atoms with E-state index in [1.807, 2.05) is 13.0 Å². The molecule has 18 heavy (non-hydrogen) atoms. The lowest BCUT2D eigenvalue weighted by Gasteiger charge is -2.10. The third kappa shape index (κ3) is 4.61. The number of aromatic nitrogens is 1. The molecule has 1 amide bonds. The Hall–Kier alpha value is -1.78. The van der Waals surface area contributed by atoms with Gasteiger partial charge in [-0.25, -0.2) is 4.98 Å². The highest BCUT2D eigenvalue weighted by Gasteiger charge is 2.05. The van der Waals surface area contributed by atoms with Crippen LogP contribution in [0.3, 0.4) is 0 Å². The SMILES string of the molecule is Cc1ccnc(NCCC(=O)NCC(C)C)c1N. The Morgan fingerprint density at radius 3 is 2.89 bits per heavy atom. The van der Waals surface area contributed by atoms with Crippen LogP contribution >= 0.6 is 0 Å². The molecule has 0 saturated carbocycles. The number of anilines is 2. The number of carbonyl (C=O) groups is 1. The van der Waals surface area contributed by atoms with Crippen molar-refractivity contribution in [3.05, 3.63) is 17.8 Å². The van der Waals surface area contributed by atoms with Gasteiger partial charge in [-0.2, -0.15) is 0 Å². The predicted octanol–water partition coefficient (Wildman–Crippen LogP) is 1.55. The van der Waals surface area contributed by atoms with Gasteiger partial charge in [0.1, 0.15) is 5.82 Å². The Labute approximate surface area is 108 Å². The van der Waals surface area contributed by atoms with Gasteiger partial charge in [-0.3, -0.25) is 4.79 Å². The third-order valence-corrected chi connectivity index (χ3v) is 2.56. The average molecular weight is 250 g/mol. The smallest absolute Gasteiger partial charge is 0.221 e. The number of amides is 1. The molecule has 0 aliphatic carbocycles. The van der Waals surface area contributed by atoms with E-state index in [1.54, 1.807) is 6.20 Å². The molecule has 0 spiro atoms. The van der Waals surface area contributed by atoms with Crippen LogP contribution in [-0.4, -0.2) is 24.0 Å². The fraction of sp³-hybridized carbons (Fsp3) is 0.538. The summed E-state index contributed by atoms with van der Waals surface area (Å²) >= 11 is 0. The highest BCUT2D eigenvalue weighted by Crippen LogP contribution is 2.18. The molecular formula is C13H22N4O. The lowest BCUT2D eigenvalue weighted by atomic mass is 10.2. The van der Waals surface area contributed by atoms with Crippen molar-refractivity contribution >= 4 is 17.4 Å². The van der Waals surface area contributed by atoms with E-state index in [0.29, 0.717) is 36.9 Å². The summed E-state index contributed by atoms with van der Waals surface area (Å²) in [4.78, 5) is 15.6. The predicted molar refractivity (Wildman–Crippen MR) is 74.3 cm³/mol. The van der Waals surface area contributed by atoms with E-state index in [0.717, 1.165) is 5.56 Å². The quantitative estimate of drug-likeness (QED) is 0.715. The van der Waals surface area contributed by atoms with E-state index in [4.69, 9.17) is 5.73 Å². The van der Waals surface area contributed by atoms with Crippen LogP contribution in [0.4, 0.5) is 11.5 Å². The average Bonchev–Trinajstić information content (AvgIpc) is 2.32. The molecule has 1 rings (SSSR count). The number of hydrogen-bond acceptors (Lipinski definition) is 4. The van der Waals surface area contributed by atoms with E-state index in [1.165, 1.54) is 0 Å². The van der Waals surface area contributed by atoms with E-state index in [-0.39, 0.29) is 5.91 Å². The van der Waals surface area contributed by atoms with Gasteiger partial charge in [0.2, 0.25) is 5.91 Å². The number of nitrogen functional groups attached to an aromatic ring is 1. The number of hydrogen-bond donors (Lipinski definition) is 3. The van der Waals surface area contributed by atoms with Gasteiger partial charge in [0.15, 0.2) is 0 Å². The van der Waals surface area contributed by atoms with Gasteiger partial charge in [0, 0.05) is 25.7 Å². The zero-order chi connectivity index (χ0) is 13.5. The molecule has 100 valence electrons. The van der Waals surface area contributed by atoms with Gasteiger partial charge in [0.25, 0.3) is 0 Å². The van der Waals surface area contributed by atoms with Gasteiger partial charge < -0.3 is 16.4 Å². The van der Waals surface area contributed by atoms with Crippen LogP contribution in [0.5, 0.6) is 0 Å². The van der Waals surface area contributed by atoms with Gasteiger partial charge in [-0.05, 0) is 24.5 Å². The summed E-state index contributed by atoms with van der Waals surface area (Å²) in [5.74, 6) is 1.16. The van der Waals surface area contributed by atoms with E-state index < -0.39 is 0 Å². The van der Waals surface area contributed by atoms with Crippen molar-refractivity contribution in [2.45, 2.75) is 27.2 Å². The summed E-state index contributed by atoms with van der Waals surface area (Å²) in [7, 11) is 0. The molecule has 5 nitrogen and oxygen atoms in total. The second-order valence-electron chi connectivity index (χ2n) is 4.76. The molecule has 0 unspecified atom stereocenters. The largest absolute Gasteiger partial charge is 0.396 e. The zero-order valence-corrected chi connectivity index (χ0v) is 11.3. The lowest BCUT2D eigenvalue weighted by molar-refractivity contribution is -0.120. The van der Waals surface area contributed by atoms with E-state index in [9.17, 15) is 4.79 Å². The molecule has 0 aliphatic rings. The highest BCUT2D eigenvalue weighted by atomic mass is 16.1. The lowest BCUT2D eigenvalue weighted by Crippen LogP contribution is -2.28. The van der Waals surface area contributed by atoms with Crippen molar-refractivity contribution in [1.82, 2.24) is 10.3 Å². The number of aryl methyl sites for hydroxylation is 1. The van der Waals surface area contributed by atoms with Gasteiger partial charge in [0.05, 0.1) is 5.69 Å². The summed E-state index contributed by atoms with van der Waals surface area (Å²) in [6.45, 7) is 7.30. The molecule has 0 radical (unpaired) electrons. The number of pyridine rings is 1. The first-order chi connectivity index (χ1) is 8.50. The first kappa shape index (κ1) is 14.3. The number of nitrogens with zero attached hydrogens (tertiary/aromatic N) is 1. The summed E-state index contributed by atoms with van der Waals surface area (Å²) in [5.41, 5.74) is 7.49. The van der Waals surface area contributed by atoms with Crippen molar-refractivity contribution in [3.63, 3.8) is 0 Å². The Morgan fingerprint density at radius 1 is 1.50 bits per heavy atom. The number of nitrogens with two attached hydrogens (primary N) is 1. The van der Waals surface area contributed by atoms with Crippen LogP contribution in [-0.2, 0) is 4.79 Å². The van der Waals surface area contributed by atoms with Gasteiger partial charge >= 0.3 is 0 Å². The molecule has 0 fully saturated rings. The van der Waals surface area contributed by atoms with Crippen LogP contribution < -0.4 is 16.4 Å². The molecule has 1 aromatic rings. The van der Waals surface area contributed by atoms with Crippen LogP contribution in [0.25, 0.3) is 0 Å². The topological polar surface area (TPSA) is 80.0 Å². The fourth-order valence-corrected chi connectivity index (χ4v) is 1.41. The summed E-state index contributed by atoms with van der Waals surface area (Å²) in [6, 6.07) is 1.86.